The van der Waals surface area contributed by atoms with Crippen LogP contribution in [0.1, 0.15) is 76.7 Å². The summed E-state index contributed by atoms with van der Waals surface area (Å²) in [6, 6.07) is 7.31. The predicted octanol–water partition coefficient (Wildman–Crippen LogP) is 6.88. The fraction of sp³-hybridized carbons (Fsp3) is 0.524. The zero-order chi connectivity index (χ0) is 15.9. The molecule has 1 N–H and O–H groups in total. The van der Waals surface area contributed by atoms with E-state index in [4.69, 9.17) is 0 Å². The number of allylic oxidation sites excluding steroid dienone is 3. The zero-order valence-electron chi connectivity index (χ0n) is 14.1. The highest BCUT2D eigenvalue weighted by molar-refractivity contribution is 5.52. The highest BCUT2D eigenvalue weighted by atomic mass is 16.3. The molecule has 1 aromatic rings. The molecule has 0 unspecified atom stereocenters. The Morgan fingerprint density at radius 2 is 1.55 bits per heavy atom. The van der Waals surface area contributed by atoms with E-state index >= 15 is 0 Å². The number of hydrogen-bond acceptors (Lipinski definition) is 1. The van der Waals surface area contributed by atoms with Crippen LogP contribution in [0.15, 0.2) is 42.5 Å². The molecule has 22 heavy (non-hydrogen) atoms. The molecule has 0 saturated heterocycles. The lowest BCUT2D eigenvalue weighted by molar-refractivity contribution is 0.475. The lowest BCUT2D eigenvalue weighted by Crippen LogP contribution is -1.80. The van der Waals surface area contributed by atoms with Gasteiger partial charge in [-0.1, -0.05) is 94.7 Å². The highest BCUT2D eigenvalue weighted by Gasteiger charge is 1.91. The number of benzene rings is 1. The van der Waals surface area contributed by atoms with Crippen molar-refractivity contribution in [2.45, 2.75) is 71.1 Å². The fourth-order valence-corrected chi connectivity index (χ4v) is 2.54. The van der Waals surface area contributed by atoms with Crippen LogP contribution in [0.4, 0.5) is 0 Å². The monoisotopic (exact) mass is 300 g/mol. The van der Waals surface area contributed by atoms with Crippen molar-refractivity contribution in [1.82, 2.24) is 0 Å². The molecule has 0 aromatic heterocycles. The molecule has 1 heteroatoms. The Labute approximate surface area is 136 Å². The summed E-state index contributed by atoms with van der Waals surface area (Å²) < 4.78 is 0. The van der Waals surface area contributed by atoms with Gasteiger partial charge in [0.25, 0.3) is 0 Å². The summed E-state index contributed by atoms with van der Waals surface area (Å²) in [5, 5.41) is 9.36. The normalized spacial score (nSPS) is 11.7. The number of aromatic hydroxyl groups is 1. The van der Waals surface area contributed by atoms with Gasteiger partial charge in [0.2, 0.25) is 0 Å². The lowest BCUT2D eigenvalue weighted by atomic mass is 10.1. The Morgan fingerprint density at radius 3 is 2.23 bits per heavy atom. The second kappa shape index (κ2) is 13.2. The van der Waals surface area contributed by atoms with Crippen LogP contribution in [0.2, 0.25) is 0 Å². The Bertz CT molecular complexity index is 431. The molecule has 0 aliphatic carbocycles. The lowest BCUT2D eigenvalue weighted by Gasteiger charge is -2.00. The van der Waals surface area contributed by atoms with Crippen LogP contribution in [0, 0.1) is 0 Å². The molecule has 0 bridgehead atoms. The van der Waals surface area contributed by atoms with Gasteiger partial charge in [-0.25, -0.2) is 0 Å². The molecule has 0 amide bonds. The molecule has 0 heterocycles. The molecule has 0 radical (unpaired) electrons. The Balaban J connectivity index is 1.96. The summed E-state index contributed by atoms with van der Waals surface area (Å²) >= 11 is 0. The fourth-order valence-electron chi connectivity index (χ4n) is 2.54. The van der Waals surface area contributed by atoms with Gasteiger partial charge in [0, 0.05) is 0 Å². The van der Waals surface area contributed by atoms with Gasteiger partial charge in [0.15, 0.2) is 0 Å². The molecule has 1 aromatic carbocycles. The summed E-state index contributed by atoms with van der Waals surface area (Å²) in [6.07, 6.45) is 22.0. The largest absolute Gasteiger partial charge is 0.508 e. The van der Waals surface area contributed by atoms with Crippen LogP contribution in [0.25, 0.3) is 6.08 Å². The first kappa shape index (κ1) is 18.5. The van der Waals surface area contributed by atoms with Crippen LogP contribution in [-0.4, -0.2) is 5.11 Å². The second-order valence-corrected chi connectivity index (χ2v) is 6.00. The van der Waals surface area contributed by atoms with E-state index in [0.29, 0.717) is 5.75 Å². The minimum atomic E-state index is 0.320. The van der Waals surface area contributed by atoms with Crippen molar-refractivity contribution in [3.05, 3.63) is 48.1 Å². The van der Waals surface area contributed by atoms with Crippen molar-refractivity contribution in [1.29, 1.82) is 0 Å². The van der Waals surface area contributed by atoms with Crippen molar-refractivity contribution in [3.63, 3.8) is 0 Å². The van der Waals surface area contributed by atoms with Crippen LogP contribution < -0.4 is 0 Å². The summed E-state index contributed by atoms with van der Waals surface area (Å²) in [4.78, 5) is 0. The molecule has 0 aliphatic heterocycles. The van der Waals surface area contributed by atoms with Gasteiger partial charge < -0.3 is 5.11 Å². The molecule has 0 fully saturated rings. The van der Waals surface area contributed by atoms with Crippen molar-refractivity contribution in [3.8, 4) is 5.75 Å². The average molecular weight is 300 g/mol. The summed E-state index contributed by atoms with van der Waals surface area (Å²) in [7, 11) is 0. The van der Waals surface area contributed by atoms with E-state index in [1.54, 1.807) is 12.1 Å². The van der Waals surface area contributed by atoms with E-state index in [1.807, 2.05) is 24.3 Å². The molecule has 1 nitrogen and oxygen atoms in total. The molecular formula is C21H32O. The van der Waals surface area contributed by atoms with Gasteiger partial charge in [-0.05, 0) is 30.5 Å². The Kier molecular flexibility index (Phi) is 11.1. The molecule has 0 aliphatic rings. The second-order valence-electron chi connectivity index (χ2n) is 6.00. The van der Waals surface area contributed by atoms with Gasteiger partial charge in [-0.15, -0.1) is 0 Å². The van der Waals surface area contributed by atoms with Crippen LogP contribution in [0.3, 0.4) is 0 Å². The third-order valence-electron chi connectivity index (χ3n) is 3.88. The van der Waals surface area contributed by atoms with E-state index in [9.17, 15) is 5.11 Å². The number of phenols is 1. The van der Waals surface area contributed by atoms with Crippen LogP contribution >= 0.6 is 0 Å². The maximum Gasteiger partial charge on any atom is 0.116 e. The van der Waals surface area contributed by atoms with Gasteiger partial charge in [0.1, 0.15) is 5.75 Å². The van der Waals surface area contributed by atoms with Crippen LogP contribution in [0.5, 0.6) is 5.75 Å². The molecule has 122 valence electrons. The summed E-state index contributed by atoms with van der Waals surface area (Å²) in [6.45, 7) is 2.27. The molecule has 0 spiro atoms. The van der Waals surface area contributed by atoms with E-state index < -0.39 is 0 Å². The van der Waals surface area contributed by atoms with Crippen molar-refractivity contribution in [2.24, 2.45) is 0 Å². The first-order valence-electron chi connectivity index (χ1n) is 8.95. The third kappa shape index (κ3) is 10.3. The smallest absolute Gasteiger partial charge is 0.116 e. The van der Waals surface area contributed by atoms with E-state index in [0.717, 1.165) is 5.56 Å². The summed E-state index contributed by atoms with van der Waals surface area (Å²) in [5.74, 6) is 0.320. The predicted molar refractivity (Wildman–Crippen MR) is 98.1 cm³/mol. The van der Waals surface area contributed by atoms with Crippen molar-refractivity contribution in [2.75, 3.05) is 0 Å². The van der Waals surface area contributed by atoms with Crippen molar-refractivity contribution >= 4 is 6.08 Å². The Morgan fingerprint density at radius 1 is 0.864 bits per heavy atom. The molecule has 0 atom stereocenters. The minimum Gasteiger partial charge on any atom is -0.508 e. The third-order valence-corrected chi connectivity index (χ3v) is 3.88. The highest BCUT2D eigenvalue weighted by Crippen LogP contribution is 2.12. The molecule has 1 rings (SSSR count). The first-order valence-corrected chi connectivity index (χ1v) is 8.95. The number of hydrogen-bond donors (Lipinski definition) is 1. The van der Waals surface area contributed by atoms with E-state index in [-0.39, 0.29) is 0 Å². The zero-order valence-corrected chi connectivity index (χ0v) is 14.1. The Hall–Kier alpha value is -1.50. The molecular weight excluding hydrogens is 268 g/mol. The number of unbranched alkanes of at least 4 members (excludes halogenated alkanes) is 9. The number of rotatable bonds is 12. The maximum atomic E-state index is 9.36. The average Bonchev–Trinajstić information content (AvgIpc) is 2.52. The van der Waals surface area contributed by atoms with E-state index in [1.165, 1.54) is 64.2 Å². The summed E-state index contributed by atoms with van der Waals surface area (Å²) in [5.41, 5.74) is 1.03. The van der Waals surface area contributed by atoms with Gasteiger partial charge >= 0.3 is 0 Å². The van der Waals surface area contributed by atoms with Crippen LogP contribution in [-0.2, 0) is 0 Å². The number of phenolic OH excluding ortho intramolecular Hbond substituents is 1. The van der Waals surface area contributed by atoms with Gasteiger partial charge in [0.05, 0.1) is 0 Å². The minimum absolute atomic E-state index is 0.320. The topological polar surface area (TPSA) is 20.2 Å². The standard InChI is InChI=1S/C21H32O/c1-2-3-4-5-6-7-8-9-10-11-12-13-14-16-20-17-15-18-21(22)19-20/h12-19,22H,2-11H2,1H3. The first-order chi connectivity index (χ1) is 10.8. The quantitative estimate of drug-likeness (QED) is 0.329. The molecule has 0 saturated carbocycles. The SMILES string of the molecule is CCCCCCCCCCCC=CC=Cc1cccc(O)c1. The maximum absolute atomic E-state index is 9.36. The van der Waals surface area contributed by atoms with E-state index in [2.05, 4.69) is 19.1 Å². The van der Waals surface area contributed by atoms with Crippen molar-refractivity contribution < 1.29 is 5.11 Å². The van der Waals surface area contributed by atoms with Gasteiger partial charge in [-0.2, -0.15) is 0 Å². The van der Waals surface area contributed by atoms with Gasteiger partial charge in [-0.3, -0.25) is 0 Å².